The van der Waals surface area contributed by atoms with E-state index in [1.807, 2.05) is 11.8 Å². The zero-order valence-corrected chi connectivity index (χ0v) is 12.1. The fraction of sp³-hybridized carbons (Fsp3) is 0.500. The highest BCUT2D eigenvalue weighted by Crippen LogP contribution is 2.23. The Morgan fingerprint density at radius 1 is 1.33 bits per heavy atom. The van der Waals surface area contributed by atoms with Crippen LogP contribution in [0.1, 0.15) is 12.0 Å². The molecule has 7 heteroatoms. The summed E-state index contributed by atoms with van der Waals surface area (Å²) in [6.45, 7) is 0.909. The lowest BCUT2D eigenvalue weighted by Crippen LogP contribution is -2.39. The van der Waals surface area contributed by atoms with E-state index in [0.29, 0.717) is 12.0 Å². The van der Waals surface area contributed by atoms with E-state index in [-0.39, 0.29) is 24.0 Å². The van der Waals surface area contributed by atoms with Crippen molar-refractivity contribution in [1.82, 2.24) is 5.32 Å². The van der Waals surface area contributed by atoms with E-state index in [1.54, 1.807) is 0 Å². The molecule has 1 unspecified atom stereocenters. The van der Waals surface area contributed by atoms with E-state index < -0.39 is 6.36 Å². The van der Waals surface area contributed by atoms with Crippen molar-refractivity contribution in [2.24, 2.45) is 0 Å². The van der Waals surface area contributed by atoms with Crippen LogP contribution in [-0.2, 0) is 11.2 Å². The number of hydrogen-bond acceptors (Lipinski definition) is 4. The van der Waals surface area contributed by atoms with Crippen molar-refractivity contribution in [3.8, 4) is 5.75 Å². The highest BCUT2D eigenvalue weighted by molar-refractivity contribution is 7.99. The van der Waals surface area contributed by atoms with Gasteiger partial charge >= 0.3 is 6.36 Å². The Kier molecular flexibility index (Phi) is 5.52. The minimum atomic E-state index is -4.69. The van der Waals surface area contributed by atoms with Gasteiger partial charge in [-0.3, -0.25) is 4.79 Å². The van der Waals surface area contributed by atoms with Crippen molar-refractivity contribution < 1.29 is 22.7 Å². The van der Waals surface area contributed by atoms with Gasteiger partial charge in [-0.1, -0.05) is 12.1 Å². The number of Topliss-reactive ketones (excluding diaryl/α,β-unsaturated/α-hetero) is 1. The molecule has 21 heavy (non-hydrogen) atoms. The summed E-state index contributed by atoms with van der Waals surface area (Å²) in [5, 5.41) is 3.28. The predicted molar refractivity (Wildman–Crippen MR) is 75.6 cm³/mol. The summed E-state index contributed by atoms with van der Waals surface area (Å²) in [6.07, 6.45) is -4.01. The Labute approximate surface area is 125 Å². The number of nitrogens with one attached hydrogen (secondary N) is 1. The summed E-state index contributed by atoms with van der Waals surface area (Å²) < 4.78 is 39.9. The molecule has 1 aromatic carbocycles. The molecule has 1 fully saturated rings. The first-order valence-corrected chi connectivity index (χ1v) is 7.75. The number of rotatable bonds is 5. The smallest absolute Gasteiger partial charge is 0.406 e. The molecule has 116 valence electrons. The Morgan fingerprint density at radius 3 is 2.62 bits per heavy atom. The molecular formula is C14H16F3NO2S. The molecule has 1 aliphatic heterocycles. The molecule has 2 rings (SSSR count). The Balaban J connectivity index is 1.83. The molecule has 1 aliphatic rings. The Bertz CT molecular complexity index is 470. The van der Waals surface area contributed by atoms with E-state index in [9.17, 15) is 18.0 Å². The van der Waals surface area contributed by atoms with Gasteiger partial charge in [0.05, 0.1) is 0 Å². The third kappa shape index (κ3) is 5.97. The quantitative estimate of drug-likeness (QED) is 0.906. The van der Waals surface area contributed by atoms with E-state index in [2.05, 4.69) is 10.1 Å². The highest BCUT2D eigenvalue weighted by atomic mass is 32.2. The molecule has 0 radical (unpaired) electrons. The first-order valence-electron chi connectivity index (χ1n) is 6.60. The van der Waals surface area contributed by atoms with Crippen LogP contribution >= 0.6 is 11.8 Å². The number of carbonyl (C=O) groups is 1. The predicted octanol–water partition coefficient (Wildman–Crippen LogP) is 2.79. The fourth-order valence-electron chi connectivity index (χ4n) is 2.13. The van der Waals surface area contributed by atoms with Crippen molar-refractivity contribution in [3.63, 3.8) is 0 Å². The number of alkyl halides is 3. The summed E-state index contributed by atoms with van der Waals surface area (Å²) in [6, 6.07) is 5.63. The lowest BCUT2D eigenvalue weighted by molar-refractivity contribution is -0.274. The molecule has 1 aromatic rings. The van der Waals surface area contributed by atoms with Gasteiger partial charge < -0.3 is 10.1 Å². The van der Waals surface area contributed by atoms with Crippen LogP contribution in [0.4, 0.5) is 13.2 Å². The second-order valence-electron chi connectivity index (χ2n) is 4.84. The first kappa shape index (κ1) is 16.2. The summed E-state index contributed by atoms with van der Waals surface area (Å²) in [5.41, 5.74) is 0.693. The number of ketones is 1. The lowest BCUT2D eigenvalue weighted by atomic mass is 10.0. The second kappa shape index (κ2) is 7.17. The molecule has 0 amide bonds. The minimum Gasteiger partial charge on any atom is -0.406 e. The maximum absolute atomic E-state index is 12.0. The SMILES string of the molecule is O=C(Cc1ccc(OC(F)(F)F)cc1)CC1CSCCN1. The van der Waals surface area contributed by atoms with Crippen LogP contribution in [0.3, 0.4) is 0 Å². The second-order valence-corrected chi connectivity index (χ2v) is 5.99. The Hall–Kier alpha value is -1.21. The van der Waals surface area contributed by atoms with Gasteiger partial charge in [0, 0.05) is 36.9 Å². The maximum Gasteiger partial charge on any atom is 0.573 e. The number of thioether (sulfide) groups is 1. The van der Waals surface area contributed by atoms with Gasteiger partial charge in [0.25, 0.3) is 0 Å². The number of halogens is 3. The van der Waals surface area contributed by atoms with Crippen LogP contribution in [0.2, 0.25) is 0 Å². The molecule has 0 spiro atoms. The number of benzene rings is 1. The molecule has 0 bridgehead atoms. The first-order chi connectivity index (χ1) is 9.92. The molecule has 1 saturated heterocycles. The maximum atomic E-state index is 12.0. The minimum absolute atomic E-state index is 0.0829. The average molecular weight is 319 g/mol. The van der Waals surface area contributed by atoms with Gasteiger partial charge in [-0.2, -0.15) is 11.8 Å². The van der Waals surface area contributed by atoms with Crippen LogP contribution in [0, 0.1) is 0 Å². The summed E-state index contributed by atoms with van der Waals surface area (Å²) in [4.78, 5) is 11.9. The standard InChI is InChI=1S/C14H16F3NO2S/c15-14(16,17)20-13-3-1-10(2-4-13)7-12(19)8-11-9-21-6-5-18-11/h1-4,11,18H,5-9H2. The summed E-state index contributed by atoms with van der Waals surface area (Å²) >= 11 is 1.82. The molecule has 1 atom stereocenters. The van der Waals surface area contributed by atoms with Crippen molar-refractivity contribution in [2.45, 2.75) is 25.2 Å². The molecule has 3 nitrogen and oxygen atoms in total. The van der Waals surface area contributed by atoms with Crippen LogP contribution in [-0.4, -0.2) is 36.2 Å². The lowest BCUT2D eigenvalue weighted by Gasteiger charge is -2.22. The number of hydrogen-bond donors (Lipinski definition) is 1. The van der Waals surface area contributed by atoms with Gasteiger partial charge in [0.15, 0.2) is 0 Å². The molecular weight excluding hydrogens is 303 g/mol. The van der Waals surface area contributed by atoms with Gasteiger partial charge in [-0.25, -0.2) is 0 Å². The van der Waals surface area contributed by atoms with Crippen LogP contribution < -0.4 is 10.1 Å². The zero-order chi connectivity index (χ0) is 15.3. The number of ether oxygens (including phenoxy) is 1. The van der Waals surface area contributed by atoms with Gasteiger partial charge in [-0.15, -0.1) is 13.2 Å². The summed E-state index contributed by atoms with van der Waals surface area (Å²) in [7, 11) is 0. The topological polar surface area (TPSA) is 38.3 Å². The van der Waals surface area contributed by atoms with Crippen LogP contribution in [0.25, 0.3) is 0 Å². The zero-order valence-electron chi connectivity index (χ0n) is 11.3. The molecule has 0 aliphatic carbocycles. The van der Waals surface area contributed by atoms with E-state index in [4.69, 9.17) is 0 Å². The van der Waals surface area contributed by atoms with E-state index >= 15 is 0 Å². The van der Waals surface area contributed by atoms with E-state index in [1.165, 1.54) is 24.3 Å². The van der Waals surface area contributed by atoms with Gasteiger partial charge in [-0.05, 0) is 17.7 Å². The monoisotopic (exact) mass is 319 g/mol. The molecule has 0 saturated carbocycles. The molecule has 1 heterocycles. The highest BCUT2D eigenvalue weighted by Gasteiger charge is 2.30. The van der Waals surface area contributed by atoms with Crippen molar-refractivity contribution in [2.75, 3.05) is 18.1 Å². The average Bonchev–Trinajstić information content (AvgIpc) is 2.40. The largest absolute Gasteiger partial charge is 0.573 e. The van der Waals surface area contributed by atoms with Crippen molar-refractivity contribution in [3.05, 3.63) is 29.8 Å². The third-order valence-corrected chi connectivity index (χ3v) is 4.16. The van der Waals surface area contributed by atoms with Crippen molar-refractivity contribution in [1.29, 1.82) is 0 Å². The van der Waals surface area contributed by atoms with Gasteiger partial charge in [0.2, 0.25) is 0 Å². The molecule has 1 N–H and O–H groups in total. The van der Waals surface area contributed by atoms with E-state index in [0.717, 1.165) is 18.1 Å². The fourth-order valence-corrected chi connectivity index (χ4v) is 3.08. The van der Waals surface area contributed by atoms with Gasteiger partial charge in [0.1, 0.15) is 11.5 Å². The molecule has 0 aromatic heterocycles. The Morgan fingerprint density at radius 2 is 2.05 bits per heavy atom. The third-order valence-electron chi connectivity index (χ3n) is 3.03. The van der Waals surface area contributed by atoms with Crippen LogP contribution in [0.5, 0.6) is 5.75 Å². The number of carbonyl (C=O) groups excluding carboxylic acids is 1. The van der Waals surface area contributed by atoms with Crippen molar-refractivity contribution >= 4 is 17.5 Å². The normalized spacial score (nSPS) is 19.3. The summed E-state index contributed by atoms with van der Waals surface area (Å²) in [5.74, 6) is 1.79. The van der Waals surface area contributed by atoms with Crippen LogP contribution in [0.15, 0.2) is 24.3 Å².